The summed E-state index contributed by atoms with van der Waals surface area (Å²) in [5, 5.41) is 14.8. The van der Waals surface area contributed by atoms with E-state index in [1.165, 1.54) is 6.42 Å². The maximum atomic E-state index is 12.0. The minimum absolute atomic E-state index is 0.0237. The highest BCUT2D eigenvalue weighted by atomic mass is 16.4. The maximum Gasteiger partial charge on any atom is 0.315 e. The lowest BCUT2D eigenvalue weighted by Crippen LogP contribution is -2.48. The molecule has 2 fully saturated rings. The molecule has 114 valence electrons. The van der Waals surface area contributed by atoms with Crippen molar-refractivity contribution < 1.29 is 14.7 Å². The fourth-order valence-corrected chi connectivity index (χ4v) is 3.43. The van der Waals surface area contributed by atoms with Crippen LogP contribution >= 0.6 is 0 Å². The second-order valence-electron chi connectivity index (χ2n) is 6.37. The van der Waals surface area contributed by atoms with Crippen LogP contribution in [0.4, 0.5) is 4.79 Å². The molecule has 3 N–H and O–H groups in total. The molecule has 0 spiro atoms. The van der Waals surface area contributed by atoms with Crippen molar-refractivity contribution in [3.8, 4) is 0 Å². The number of carbonyl (C=O) groups is 2. The van der Waals surface area contributed by atoms with Crippen LogP contribution in [0, 0.1) is 17.8 Å². The number of hydrogen-bond acceptors (Lipinski definition) is 2. The second kappa shape index (κ2) is 6.46. The van der Waals surface area contributed by atoms with E-state index in [0.717, 1.165) is 25.7 Å². The number of carboxylic acids is 1. The molecule has 0 aromatic carbocycles. The molecule has 5 heteroatoms. The van der Waals surface area contributed by atoms with E-state index in [4.69, 9.17) is 5.11 Å². The monoisotopic (exact) mass is 282 g/mol. The summed E-state index contributed by atoms with van der Waals surface area (Å²) in [5.74, 6) is 0.701. The van der Waals surface area contributed by atoms with Crippen LogP contribution in [0.2, 0.25) is 0 Å². The molecule has 0 radical (unpaired) electrons. The SMILES string of the molecule is CCC1CCC(NC(=O)NC(CC(=O)O)C2CC2)C1C. The van der Waals surface area contributed by atoms with Crippen LogP contribution in [0.1, 0.15) is 52.4 Å². The van der Waals surface area contributed by atoms with Crippen molar-refractivity contribution in [3.05, 3.63) is 0 Å². The molecule has 0 bridgehead atoms. The van der Waals surface area contributed by atoms with Crippen LogP contribution < -0.4 is 10.6 Å². The van der Waals surface area contributed by atoms with E-state index in [2.05, 4.69) is 24.5 Å². The highest BCUT2D eigenvalue weighted by Gasteiger charge is 2.36. The lowest BCUT2D eigenvalue weighted by molar-refractivity contribution is -0.137. The molecule has 0 saturated heterocycles. The summed E-state index contributed by atoms with van der Waals surface area (Å²) in [7, 11) is 0. The first-order valence-corrected chi connectivity index (χ1v) is 7.80. The Balaban J connectivity index is 1.80. The number of carboxylic acid groups (broad SMARTS) is 1. The van der Waals surface area contributed by atoms with Gasteiger partial charge in [-0.15, -0.1) is 0 Å². The Kier molecular flexibility index (Phi) is 4.89. The smallest absolute Gasteiger partial charge is 0.315 e. The molecule has 0 aromatic heterocycles. The van der Waals surface area contributed by atoms with Crippen molar-refractivity contribution in [2.75, 3.05) is 0 Å². The first kappa shape index (κ1) is 15.1. The molecule has 0 heterocycles. The van der Waals surface area contributed by atoms with Crippen molar-refractivity contribution in [3.63, 3.8) is 0 Å². The van der Waals surface area contributed by atoms with Gasteiger partial charge in [-0.25, -0.2) is 4.79 Å². The molecule has 2 amide bonds. The first-order chi connectivity index (χ1) is 9.51. The highest BCUT2D eigenvalue weighted by molar-refractivity contribution is 5.76. The van der Waals surface area contributed by atoms with Crippen molar-refractivity contribution >= 4 is 12.0 Å². The van der Waals surface area contributed by atoms with Crippen molar-refractivity contribution in [2.45, 2.75) is 64.5 Å². The Labute approximate surface area is 120 Å². The number of hydrogen-bond donors (Lipinski definition) is 3. The second-order valence-corrected chi connectivity index (χ2v) is 6.37. The third-order valence-corrected chi connectivity index (χ3v) is 4.97. The summed E-state index contributed by atoms with van der Waals surface area (Å²) in [4.78, 5) is 22.9. The molecule has 2 rings (SSSR count). The molecular formula is C15H26N2O3. The lowest BCUT2D eigenvalue weighted by atomic mass is 9.93. The minimum atomic E-state index is -0.845. The molecule has 2 aliphatic carbocycles. The molecular weight excluding hydrogens is 256 g/mol. The molecule has 4 atom stereocenters. The van der Waals surface area contributed by atoms with E-state index in [1.807, 2.05) is 0 Å². The predicted molar refractivity (Wildman–Crippen MR) is 76.4 cm³/mol. The van der Waals surface area contributed by atoms with Crippen LogP contribution in [0.5, 0.6) is 0 Å². The van der Waals surface area contributed by atoms with Gasteiger partial charge in [0.1, 0.15) is 0 Å². The zero-order valence-corrected chi connectivity index (χ0v) is 12.4. The first-order valence-electron chi connectivity index (χ1n) is 7.80. The summed E-state index contributed by atoms with van der Waals surface area (Å²) in [5.41, 5.74) is 0. The largest absolute Gasteiger partial charge is 0.481 e. The molecule has 5 nitrogen and oxygen atoms in total. The van der Waals surface area contributed by atoms with Crippen molar-refractivity contribution in [1.82, 2.24) is 10.6 Å². The number of amides is 2. The normalized spacial score (nSPS) is 30.8. The van der Waals surface area contributed by atoms with Gasteiger partial charge in [-0.1, -0.05) is 20.3 Å². The van der Waals surface area contributed by atoms with Gasteiger partial charge < -0.3 is 15.7 Å². The zero-order valence-electron chi connectivity index (χ0n) is 12.4. The number of nitrogens with one attached hydrogen (secondary N) is 2. The molecule has 0 aliphatic heterocycles. The van der Waals surface area contributed by atoms with Gasteiger partial charge in [0.25, 0.3) is 0 Å². The Morgan fingerprint density at radius 1 is 1.25 bits per heavy atom. The van der Waals surface area contributed by atoms with E-state index in [0.29, 0.717) is 17.8 Å². The Morgan fingerprint density at radius 3 is 2.45 bits per heavy atom. The molecule has 4 unspecified atom stereocenters. The Morgan fingerprint density at radius 2 is 1.95 bits per heavy atom. The highest BCUT2D eigenvalue weighted by Crippen LogP contribution is 2.35. The lowest BCUT2D eigenvalue weighted by Gasteiger charge is -2.23. The average molecular weight is 282 g/mol. The van der Waals surface area contributed by atoms with Gasteiger partial charge in [-0.3, -0.25) is 4.79 Å². The van der Waals surface area contributed by atoms with Crippen LogP contribution in [0.25, 0.3) is 0 Å². The fraction of sp³-hybridized carbons (Fsp3) is 0.867. The standard InChI is InChI=1S/C15H26N2O3/c1-3-10-6-7-12(9(10)2)16-15(20)17-13(8-14(18)19)11-4-5-11/h9-13H,3-8H2,1-2H3,(H,18,19)(H2,16,17,20). The van der Waals surface area contributed by atoms with Gasteiger partial charge in [0, 0.05) is 12.1 Å². The fourth-order valence-electron chi connectivity index (χ4n) is 3.43. The Bertz CT molecular complexity index is 368. The van der Waals surface area contributed by atoms with Crippen LogP contribution in [0.15, 0.2) is 0 Å². The number of aliphatic carboxylic acids is 1. The van der Waals surface area contributed by atoms with Crippen LogP contribution in [-0.2, 0) is 4.79 Å². The summed E-state index contributed by atoms with van der Waals surface area (Å²) in [6.45, 7) is 4.39. The van der Waals surface area contributed by atoms with E-state index >= 15 is 0 Å². The third kappa shape index (κ3) is 3.87. The van der Waals surface area contributed by atoms with Crippen LogP contribution in [0.3, 0.4) is 0 Å². The quantitative estimate of drug-likeness (QED) is 0.700. The average Bonchev–Trinajstić information content (AvgIpc) is 3.16. The van der Waals surface area contributed by atoms with Gasteiger partial charge in [-0.05, 0) is 43.4 Å². The number of rotatable bonds is 6. The van der Waals surface area contributed by atoms with E-state index in [1.54, 1.807) is 0 Å². The summed E-state index contributed by atoms with van der Waals surface area (Å²) in [6, 6.07) is -0.187. The van der Waals surface area contributed by atoms with Gasteiger partial charge in [-0.2, -0.15) is 0 Å². The number of carbonyl (C=O) groups excluding carboxylic acids is 1. The third-order valence-electron chi connectivity index (χ3n) is 4.97. The van der Waals surface area contributed by atoms with E-state index in [9.17, 15) is 9.59 Å². The summed E-state index contributed by atoms with van der Waals surface area (Å²) < 4.78 is 0. The Hall–Kier alpha value is -1.26. The van der Waals surface area contributed by atoms with Crippen molar-refractivity contribution in [2.24, 2.45) is 17.8 Å². The zero-order chi connectivity index (χ0) is 14.7. The van der Waals surface area contributed by atoms with Gasteiger partial charge in [0.2, 0.25) is 0 Å². The molecule has 20 heavy (non-hydrogen) atoms. The molecule has 2 aliphatic rings. The topological polar surface area (TPSA) is 78.4 Å². The van der Waals surface area contributed by atoms with Gasteiger partial charge in [0.05, 0.1) is 6.42 Å². The molecule has 2 saturated carbocycles. The van der Waals surface area contributed by atoms with Gasteiger partial charge >= 0.3 is 12.0 Å². The van der Waals surface area contributed by atoms with Crippen molar-refractivity contribution in [1.29, 1.82) is 0 Å². The van der Waals surface area contributed by atoms with Crippen LogP contribution in [-0.4, -0.2) is 29.2 Å². The van der Waals surface area contributed by atoms with E-state index in [-0.39, 0.29) is 24.5 Å². The van der Waals surface area contributed by atoms with Gasteiger partial charge in [0.15, 0.2) is 0 Å². The predicted octanol–water partition coefficient (Wildman–Crippen LogP) is 2.36. The number of urea groups is 1. The summed E-state index contributed by atoms with van der Waals surface area (Å²) in [6.07, 6.45) is 5.43. The minimum Gasteiger partial charge on any atom is -0.481 e. The maximum absolute atomic E-state index is 12.0. The van der Waals surface area contributed by atoms with E-state index < -0.39 is 5.97 Å². The molecule has 0 aromatic rings. The summed E-state index contributed by atoms with van der Waals surface area (Å²) >= 11 is 0.